The topological polar surface area (TPSA) is 26.8 Å². The number of amides is 2. The number of likely N-dealkylation sites (N-methyl/N-ethyl adjacent to an activating group) is 1. The van der Waals surface area contributed by atoms with Crippen LogP contribution in [0.4, 0.5) is 4.79 Å². The molecule has 23 heavy (non-hydrogen) atoms. The minimum atomic E-state index is 0.221. The molecular formula is C18H26ClN3O. The van der Waals surface area contributed by atoms with Gasteiger partial charge in [-0.1, -0.05) is 30.2 Å². The Hall–Kier alpha value is -1.26. The van der Waals surface area contributed by atoms with Gasteiger partial charge in [-0.15, -0.1) is 0 Å². The maximum Gasteiger partial charge on any atom is 0.320 e. The normalized spacial score (nSPS) is 23.7. The molecule has 4 nitrogen and oxygen atoms in total. The van der Waals surface area contributed by atoms with Gasteiger partial charge in [0.2, 0.25) is 0 Å². The summed E-state index contributed by atoms with van der Waals surface area (Å²) in [5.74, 6) is 0.422. The van der Waals surface area contributed by atoms with Crippen LogP contribution in [0.25, 0.3) is 0 Å². The highest BCUT2D eigenvalue weighted by molar-refractivity contribution is 6.30. The molecular weight excluding hydrogens is 310 g/mol. The maximum absolute atomic E-state index is 12.9. The molecule has 0 aromatic heterocycles. The summed E-state index contributed by atoms with van der Waals surface area (Å²) in [5, 5.41) is 0.771. The molecule has 2 fully saturated rings. The zero-order valence-electron chi connectivity index (χ0n) is 13.9. The molecule has 1 aromatic rings. The molecule has 2 heterocycles. The molecule has 0 spiro atoms. The van der Waals surface area contributed by atoms with E-state index < -0.39 is 0 Å². The van der Waals surface area contributed by atoms with Crippen molar-refractivity contribution in [2.45, 2.75) is 25.2 Å². The summed E-state index contributed by atoms with van der Waals surface area (Å²) in [5.41, 5.74) is 1.30. The third-order valence-corrected chi connectivity index (χ3v) is 5.31. The van der Waals surface area contributed by atoms with Gasteiger partial charge in [0.1, 0.15) is 0 Å². The van der Waals surface area contributed by atoms with Gasteiger partial charge in [-0.25, -0.2) is 4.79 Å². The number of nitrogens with zero attached hydrogens (tertiary/aromatic N) is 3. The van der Waals surface area contributed by atoms with Gasteiger partial charge in [0.15, 0.2) is 0 Å². The van der Waals surface area contributed by atoms with Crippen molar-refractivity contribution in [3.8, 4) is 0 Å². The molecule has 0 N–H and O–H groups in total. The fourth-order valence-corrected chi connectivity index (χ4v) is 3.65. The highest BCUT2D eigenvalue weighted by Crippen LogP contribution is 2.28. The Labute approximate surface area is 144 Å². The largest absolute Gasteiger partial charge is 0.324 e. The molecule has 2 aliphatic heterocycles. The molecule has 3 rings (SSSR count). The molecule has 0 radical (unpaired) electrons. The van der Waals surface area contributed by atoms with E-state index in [9.17, 15) is 4.79 Å². The van der Waals surface area contributed by atoms with Crippen LogP contribution in [-0.2, 0) is 0 Å². The lowest BCUT2D eigenvalue weighted by molar-refractivity contribution is 0.122. The summed E-state index contributed by atoms with van der Waals surface area (Å²) in [4.78, 5) is 19.2. The lowest BCUT2D eigenvalue weighted by Crippen LogP contribution is -2.52. The average molecular weight is 336 g/mol. The van der Waals surface area contributed by atoms with Crippen molar-refractivity contribution in [1.82, 2.24) is 14.7 Å². The number of carbonyl (C=O) groups is 1. The van der Waals surface area contributed by atoms with Gasteiger partial charge in [0, 0.05) is 50.2 Å². The first kappa shape index (κ1) is 16.6. The van der Waals surface area contributed by atoms with Crippen molar-refractivity contribution in [3.63, 3.8) is 0 Å². The number of piperazine rings is 1. The van der Waals surface area contributed by atoms with Crippen LogP contribution in [0.15, 0.2) is 24.3 Å². The number of benzene rings is 1. The molecule has 2 saturated heterocycles. The van der Waals surface area contributed by atoms with Crippen LogP contribution in [-0.4, -0.2) is 67.0 Å². The Kier molecular flexibility index (Phi) is 5.44. The summed E-state index contributed by atoms with van der Waals surface area (Å²) < 4.78 is 0. The van der Waals surface area contributed by atoms with E-state index in [1.807, 2.05) is 17.0 Å². The van der Waals surface area contributed by atoms with Gasteiger partial charge >= 0.3 is 6.03 Å². The summed E-state index contributed by atoms with van der Waals surface area (Å²) in [7, 11) is 2.12. The summed E-state index contributed by atoms with van der Waals surface area (Å²) in [6.07, 6.45) is 3.43. The standard InChI is InChI=1S/C18H26ClN3O/c1-20-10-12-21(13-11-20)18(23)22-9-3-2-4-16(14-22)15-5-7-17(19)8-6-15/h5-8,16H,2-4,9-14H2,1H3. The Morgan fingerprint density at radius 3 is 2.39 bits per heavy atom. The second kappa shape index (κ2) is 7.54. The second-order valence-electron chi connectivity index (χ2n) is 6.76. The van der Waals surface area contributed by atoms with E-state index in [1.165, 1.54) is 12.0 Å². The number of carbonyl (C=O) groups excluding carboxylic acids is 1. The zero-order chi connectivity index (χ0) is 16.2. The summed E-state index contributed by atoms with van der Waals surface area (Å²) in [6.45, 7) is 5.34. The Morgan fingerprint density at radius 1 is 1.00 bits per heavy atom. The van der Waals surface area contributed by atoms with Gasteiger partial charge in [-0.2, -0.15) is 0 Å². The molecule has 1 aromatic carbocycles. The van der Waals surface area contributed by atoms with E-state index >= 15 is 0 Å². The van der Waals surface area contributed by atoms with E-state index in [4.69, 9.17) is 11.6 Å². The van der Waals surface area contributed by atoms with Crippen LogP contribution in [0.2, 0.25) is 5.02 Å². The van der Waals surface area contributed by atoms with Crippen molar-refractivity contribution in [3.05, 3.63) is 34.9 Å². The van der Waals surface area contributed by atoms with Crippen LogP contribution in [0.3, 0.4) is 0 Å². The fourth-order valence-electron chi connectivity index (χ4n) is 3.52. The van der Waals surface area contributed by atoms with Crippen LogP contribution in [0, 0.1) is 0 Å². The zero-order valence-corrected chi connectivity index (χ0v) is 14.6. The Balaban J connectivity index is 1.67. The molecule has 1 atom stereocenters. The first-order chi connectivity index (χ1) is 11.1. The summed E-state index contributed by atoms with van der Waals surface area (Å²) in [6, 6.07) is 8.34. The van der Waals surface area contributed by atoms with Gasteiger partial charge < -0.3 is 14.7 Å². The monoisotopic (exact) mass is 335 g/mol. The predicted molar refractivity (Wildman–Crippen MR) is 94.1 cm³/mol. The van der Waals surface area contributed by atoms with Crippen molar-refractivity contribution in [2.75, 3.05) is 46.3 Å². The van der Waals surface area contributed by atoms with Gasteiger partial charge in [-0.3, -0.25) is 0 Å². The minimum Gasteiger partial charge on any atom is -0.324 e. The number of halogens is 1. The highest BCUT2D eigenvalue weighted by atomic mass is 35.5. The Bertz CT molecular complexity index is 526. The molecule has 0 bridgehead atoms. The van der Waals surface area contributed by atoms with E-state index in [-0.39, 0.29) is 6.03 Å². The quantitative estimate of drug-likeness (QED) is 0.787. The lowest BCUT2D eigenvalue weighted by atomic mass is 9.94. The molecule has 0 aliphatic carbocycles. The van der Waals surface area contributed by atoms with Crippen LogP contribution in [0.5, 0.6) is 0 Å². The van der Waals surface area contributed by atoms with Crippen molar-refractivity contribution >= 4 is 17.6 Å². The fraction of sp³-hybridized carbons (Fsp3) is 0.611. The van der Waals surface area contributed by atoms with E-state index in [0.717, 1.165) is 57.1 Å². The summed E-state index contributed by atoms with van der Waals surface area (Å²) >= 11 is 6.00. The highest BCUT2D eigenvalue weighted by Gasteiger charge is 2.28. The first-order valence-corrected chi connectivity index (χ1v) is 8.99. The van der Waals surface area contributed by atoms with E-state index in [1.54, 1.807) is 0 Å². The van der Waals surface area contributed by atoms with Gasteiger partial charge in [0.25, 0.3) is 0 Å². The first-order valence-electron chi connectivity index (χ1n) is 8.61. The smallest absolute Gasteiger partial charge is 0.320 e. The number of hydrogen-bond donors (Lipinski definition) is 0. The predicted octanol–water partition coefficient (Wildman–Crippen LogP) is 3.28. The van der Waals surface area contributed by atoms with Gasteiger partial charge in [-0.05, 0) is 37.6 Å². The second-order valence-corrected chi connectivity index (χ2v) is 7.20. The van der Waals surface area contributed by atoms with Crippen molar-refractivity contribution in [2.24, 2.45) is 0 Å². The average Bonchev–Trinajstić information content (AvgIpc) is 2.82. The van der Waals surface area contributed by atoms with Crippen molar-refractivity contribution < 1.29 is 4.79 Å². The van der Waals surface area contributed by atoms with Crippen LogP contribution < -0.4 is 0 Å². The minimum absolute atomic E-state index is 0.221. The molecule has 2 amide bonds. The molecule has 2 aliphatic rings. The Morgan fingerprint density at radius 2 is 1.70 bits per heavy atom. The number of urea groups is 1. The van der Waals surface area contributed by atoms with Gasteiger partial charge in [0.05, 0.1) is 0 Å². The molecule has 0 saturated carbocycles. The van der Waals surface area contributed by atoms with Crippen LogP contribution >= 0.6 is 11.6 Å². The lowest BCUT2D eigenvalue weighted by Gasteiger charge is -2.36. The SMILES string of the molecule is CN1CCN(C(=O)N2CCCCC(c3ccc(Cl)cc3)C2)CC1. The number of hydrogen-bond acceptors (Lipinski definition) is 2. The molecule has 1 unspecified atom stereocenters. The molecule has 5 heteroatoms. The van der Waals surface area contributed by atoms with Crippen molar-refractivity contribution in [1.29, 1.82) is 0 Å². The third-order valence-electron chi connectivity index (χ3n) is 5.06. The van der Waals surface area contributed by atoms with Crippen LogP contribution in [0.1, 0.15) is 30.7 Å². The molecule has 126 valence electrons. The maximum atomic E-state index is 12.9. The number of likely N-dealkylation sites (tertiary alicyclic amines) is 1. The third kappa shape index (κ3) is 4.18. The number of rotatable bonds is 1. The van der Waals surface area contributed by atoms with E-state index in [0.29, 0.717) is 5.92 Å². The van der Waals surface area contributed by atoms with E-state index in [2.05, 4.69) is 29.0 Å².